The molecule has 0 spiro atoms. The molecule has 5 aliphatic carbocycles. The van der Waals surface area contributed by atoms with Crippen LogP contribution in [0.5, 0.6) is 5.88 Å². The van der Waals surface area contributed by atoms with Crippen LogP contribution in [0.4, 0.5) is 0 Å². The second-order valence-electron chi connectivity index (χ2n) is 11.7. The van der Waals surface area contributed by atoms with Gasteiger partial charge in [-0.2, -0.15) is 5.26 Å². The number of carbonyl (C=O) groups is 2. The molecule has 34 heavy (non-hydrogen) atoms. The van der Waals surface area contributed by atoms with Crippen molar-refractivity contribution in [2.75, 3.05) is 0 Å². The Hall–Kier alpha value is -2.70. The monoisotopic (exact) mass is 466 g/mol. The van der Waals surface area contributed by atoms with E-state index in [9.17, 15) is 30.2 Å². The molecule has 9 nitrogen and oxygen atoms in total. The minimum atomic E-state index is -1.30. The van der Waals surface area contributed by atoms with E-state index in [1.54, 1.807) is 4.90 Å². The summed E-state index contributed by atoms with van der Waals surface area (Å²) < 4.78 is 0. The van der Waals surface area contributed by atoms with E-state index < -0.39 is 40.9 Å². The Bertz CT molecular complexity index is 1120. The number of rotatable bonds is 4. The van der Waals surface area contributed by atoms with Gasteiger partial charge in [0.2, 0.25) is 11.8 Å². The van der Waals surface area contributed by atoms with Gasteiger partial charge >= 0.3 is 5.97 Å². The first-order chi connectivity index (χ1) is 16.1. The van der Waals surface area contributed by atoms with Gasteiger partial charge in [0.05, 0.1) is 17.7 Å². The molecule has 180 valence electrons. The number of carboxylic acids is 1. The molecule has 2 heterocycles. The fourth-order valence-corrected chi connectivity index (χ4v) is 8.73. The molecule has 0 radical (unpaired) electrons. The summed E-state index contributed by atoms with van der Waals surface area (Å²) >= 11 is 0. The number of likely N-dealkylation sites (tertiary alicyclic amines) is 1. The lowest BCUT2D eigenvalue weighted by Crippen LogP contribution is -2.65. The van der Waals surface area contributed by atoms with Gasteiger partial charge in [0, 0.05) is 18.2 Å². The standard InChI is InChI=1S/C25H30N4O5/c1-11-17-18(14-3-15(23(32)33)21(30)28-9-14)16(8-26)29(19(11)17)22(31)20(27)24-4-12-2-13(5-24)7-25(34,6-12)10-24/h3,9,11-13,16-20,34H,2,4-7,10,27H2,1H3,(H,28,30)(H,32,33)/t11-,12?,13?,16+,17-,18?,19-,20?,24?,25?/m0/s1. The average molecular weight is 467 g/mol. The fraction of sp³-hybridized carbons (Fsp3) is 0.680. The van der Waals surface area contributed by atoms with Crippen LogP contribution in [0.2, 0.25) is 0 Å². The maximum Gasteiger partial charge on any atom is 0.341 e. The number of carbonyl (C=O) groups excluding carboxylic acids is 1. The van der Waals surface area contributed by atoms with Crippen LogP contribution >= 0.6 is 0 Å². The number of aromatic carboxylic acids is 1. The van der Waals surface area contributed by atoms with Gasteiger partial charge in [-0.1, -0.05) is 6.92 Å². The number of hydrogen-bond acceptors (Lipinski definition) is 7. The van der Waals surface area contributed by atoms with E-state index in [0.29, 0.717) is 23.8 Å². The van der Waals surface area contributed by atoms with Crippen molar-refractivity contribution in [1.82, 2.24) is 9.88 Å². The van der Waals surface area contributed by atoms with E-state index in [1.807, 2.05) is 6.92 Å². The van der Waals surface area contributed by atoms with E-state index in [-0.39, 0.29) is 29.3 Å². The van der Waals surface area contributed by atoms with Crippen LogP contribution in [-0.2, 0) is 4.79 Å². The lowest BCUT2D eigenvalue weighted by Gasteiger charge is -2.61. The molecule has 6 fully saturated rings. The number of nitrogens with two attached hydrogens (primary N) is 1. The normalized spacial score (nSPS) is 44.4. The highest BCUT2D eigenvalue weighted by Crippen LogP contribution is 2.64. The molecule has 1 aromatic rings. The highest BCUT2D eigenvalue weighted by atomic mass is 16.4. The zero-order valence-electron chi connectivity index (χ0n) is 19.1. The average Bonchev–Trinajstić information content (AvgIpc) is 3.25. The number of piperidine rings is 1. The van der Waals surface area contributed by atoms with Crippen LogP contribution in [0.1, 0.15) is 67.3 Å². The van der Waals surface area contributed by atoms with Crippen LogP contribution in [0.3, 0.4) is 0 Å². The van der Waals surface area contributed by atoms with Crippen LogP contribution < -0.4 is 5.73 Å². The number of carboxylic acid groups (broad SMARTS) is 1. The summed E-state index contributed by atoms with van der Waals surface area (Å²) in [6.07, 6.45) is 6.32. The number of nitriles is 1. The summed E-state index contributed by atoms with van der Waals surface area (Å²) in [5, 5.41) is 40.5. The van der Waals surface area contributed by atoms with Gasteiger partial charge in [-0.15, -0.1) is 0 Å². The van der Waals surface area contributed by atoms with Gasteiger partial charge in [-0.05, 0) is 79.2 Å². The summed E-state index contributed by atoms with van der Waals surface area (Å²) in [4.78, 5) is 31.0. The number of aromatic nitrogens is 1. The van der Waals surface area contributed by atoms with Crippen LogP contribution in [0, 0.1) is 40.4 Å². The molecule has 0 aromatic carbocycles. The van der Waals surface area contributed by atoms with Crippen LogP contribution in [-0.4, -0.2) is 60.8 Å². The Balaban J connectivity index is 1.32. The lowest BCUT2D eigenvalue weighted by atomic mass is 9.46. The molecule has 5 saturated carbocycles. The summed E-state index contributed by atoms with van der Waals surface area (Å²) in [6, 6.07) is 1.96. The zero-order chi connectivity index (χ0) is 24.2. The predicted octanol–water partition coefficient (Wildman–Crippen LogP) is 1.60. The second kappa shape index (κ2) is 6.92. The van der Waals surface area contributed by atoms with Gasteiger partial charge in [-0.25, -0.2) is 9.78 Å². The Morgan fingerprint density at radius 1 is 1.29 bits per heavy atom. The molecular formula is C25H30N4O5. The first-order valence-corrected chi connectivity index (χ1v) is 12.2. The summed E-state index contributed by atoms with van der Waals surface area (Å²) in [6.45, 7) is 2.03. The van der Waals surface area contributed by atoms with Gasteiger partial charge in [0.1, 0.15) is 11.6 Å². The maximum atomic E-state index is 13.9. The number of aliphatic hydroxyl groups is 1. The third-order valence-corrected chi connectivity index (χ3v) is 9.67. The molecule has 1 saturated heterocycles. The number of aromatic hydroxyl groups is 1. The number of nitrogens with zero attached hydrogens (tertiary/aromatic N) is 3. The van der Waals surface area contributed by atoms with Gasteiger partial charge in [0.15, 0.2) is 0 Å². The molecule has 1 aliphatic heterocycles. The van der Waals surface area contributed by atoms with E-state index in [1.165, 1.54) is 12.3 Å². The third kappa shape index (κ3) is 2.88. The SMILES string of the molecule is C[C@H]1[C@H]2C(c3cnc(O)c(C(=O)O)c3)[C@@H](C#N)N(C(=O)C(N)C34CC5CC(CC(O)(C5)C3)C4)[C@@H]12. The summed E-state index contributed by atoms with van der Waals surface area (Å²) in [5.74, 6) is -1.55. The third-order valence-electron chi connectivity index (χ3n) is 9.67. The van der Waals surface area contributed by atoms with Gasteiger partial charge < -0.3 is 26.0 Å². The number of amides is 1. The summed E-state index contributed by atoms with van der Waals surface area (Å²) in [7, 11) is 0. The Kier molecular flexibility index (Phi) is 4.44. The van der Waals surface area contributed by atoms with Crippen molar-refractivity contribution in [1.29, 1.82) is 5.26 Å². The maximum absolute atomic E-state index is 13.9. The van der Waals surface area contributed by atoms with Crippen molar-refractivity contribution in [3.63, 3.8) is 0 Å². The number of hydrogen-bond donors (Lipinski definition) is 4. The highest BCUT2D eigenvalue weighted by Gasteiger charge is 2.68. The van der Waals surface area contributed by atoms with Crippen molar-refractivity contribution < 1.29 is 24.9 Å². The van der Waals surface area contributed by atoms with Crippen molar-refractivity contribution in [2.24, 2.45) is 34.8 Å². The molecule has 1 amide bonds. The smallest absolute Gasteiger partial charge is 0.341 e. The van der Waals surface area contributed by atoms with Crippen molar-refractivity contribution >= 4 is 11.9 Å². The Morgan fingerprint density at radius 3 is 2.56 bits per heavy atom. The van der Waals surface area contributed by atoms with Crippen molar-refractivity contribution in [3.8, 4) is 11.9 Å². The number of pyridine rings is 1. The molecule has 8 atom stereocenters. The highest BCUT2D eigenvalue weighted by molar-refractivity contribution is 5.90. The lowest BCUT2D eigenvalue weighted by molar-refractivity contribution is -0.177. The topological polar surface area (TPSA) is 161 Å². The molecule has 4 unspecified atom stereocenters. The van der Waals surface area contributed by atoms with Crippen molar-refractivity contribution in [2.45, 2.75) is 75.1 Å². The quantitative estimate of drug-likeness (QED) is 0.520. The molecule has 7 rings (SSSR count). The van der Waals surface area contributed by atoms with Gasteiger partial charge in [0.25, 0.3) is 0 Å². The Morgan fingerprint density at radius 2 is 1.97 bits per heavy atom. The first kappa shape index (κ1) is 21.8. The van der Waals surface area contributed by atoms with E-state index in [0.717, 1.165) is 32.1 Å². The largest absolute Gasteiger partial charge is 0.493 e. The molecule has 5 N–H and O–H groups in total. The van der Waals surface area contributed by atoms with Crippen molar-refractivity contribution in [3.05, 3.63) is 23.4 Å². The van der Waals surface area contributed by atoms with Crippen LogP contribution in [0.15, 0.2) is 12.3 Å². The zero-order valence-corrected chi connectivity index (χ0v) is 19.1. The van der Waals surface area contributed by atoms with Crippen LogP contribution in [0.25, 0.3) is 0 Å². The molecule has 4 bridgehead atoms. The van der Waals surface area contributed by atoms with E-state index in [2.05, 4.69) is 11.1 Å². The summed E-state index contributed by atoms with van der Waals surface area (Å²) in [5.41, 5.74) is 5.79. The number of fused-ring (bicyclic) bond motifs is 1. The second-order valence-corrected chi connectivity index (χ2v) is 11.7. The van der Waals surface area contributed by atoms with Gasteiger partial charge in [-0.3, -0.25) is 4.79 Å². The molecule has 1 aromatic heterocycles. The first-order valence-electron chi connectivity index (χ1n) is 12.2. The predicted molar refractivity (Wildman–Crippen MR) is 118 cm³/mol. The van der Waals surface area contributed by atoms with E-state index in [4.69, 9.17) is 5.73 Å². The molecule has 9 heteroatoms. The minimum Gasteiger partial charge on any atom is -0.493 e. The molecular weight excluding hydrogens is 436 g/mol. The minimum absolute atomic E-state index is 0.00864. The fourth-order valence-electron chi connectivity index (χ4n) is 8.73. The molecule has 6 aliphatic rings. The Labute approximate surface area is 197 Å². The van der Waals surface area contributed by atoms with E-state index >= 15 is 0 Å².